The largest absolute Gasteiger partial charge is 0.364 e. The average Bonchev–Trinajstić information content (AvgIpc) is 3.72. The molecular weight excluding hydrogens is 676 g/mol. The SMILES string of the molecule is CCCn1cc(-c2ccc(F)cc2)c2ccc(-c3cccc(C(N)=O)n3)cc21.Cc1ccc(-c2cn(C)c3ccc(-c4cccc(C(N)=O)n4)cc23)cc1. The molecule has 0 fully saturated rings. The predicted octanol–water partition coefficient (Wildman–Crippen LogP) is 9.33. The van der Waals surface area contributed by atoms with Gasteiger partial charge in [-0.25, -0.2) is 14.4 Å². The molecule has 0 unspecified atom stereocenters. The Morgan fingerprint density at radius 3 is 1.76 bits per heavy atom. The van der Waals surface area contributed by atoms with E-state index in [1.165, 1.54) is 28.8 Å². The summed E-state index contributed by atoms with van der Waals surface area (Å²) >= 11 is 0. The Labute approximate surface area is 312 Å². The zero-order chi connectivity index (χ0) is 37.9. The first kappa shape index (κ1) is 35.5. The Kier molecular flexibility index (Phi) is 9.87. The maximum Gasteiger partial charge on any atom is 0.267 e. The van der Waals surface area contributed by atoms with Crippen molar-refractivity contribution in [3.63, 3.8) is 0 Å². The molecule has 2 amide bonds. The van der Waals surface area contributed by atoms with Gasteiger partial charge in [-0.1, -0.05) is 79.2 Å². The summed E-state index contributed by atoms with van der Waals surface area (Å²) in [6.45, 7) is 5.09. The van der Waals surface area contributed by atoms with Crippen LogP contribution in [0.25, 0.3) is 66.6 Å². The van der Waals surface area contributed by atoms with E-state index in [-0.39, 0.29) is 17.2 Å². The van der Waals surface area contributed by atoms with E-state index in [4.69, 9.17) is 11.5 Å². The number of halogens is 1. The fraction of sp³-hybridized carbons (Fsp3) is 0.111. The van der Waals surface area contributed by atoms with Crippen LogP contribution in [0, 0.1) is 12.7 Å². The van der Waals surface area contributed by atoms with Crippen molar-refractivity contribution in [1.29, 1.82) is 0 Å². The molecule has 0 saturated heterocycles. The van der Waals surface area contributed by atoms with Gasteiger partial charge in [0.05, 0.1) is 11.4 Å². The summed E-state index contributed by atoms with van der Waals surface area (Å²) in [6.07, 6.45) is 5.25. The normalized spacial score (nSPS) is 11.0. The van der Waals surface area contributed by atoms with Crippen molar-refractivity contribution in [2.24, 2.45) is 18.5 Å². The van der Waals surface area contributed by atoms with Gasteiger partial charge in [0, 0.05) is 70.0 Å². The van der Waals surface area contributed by atoms with E-state index >= 15 is 0 Å². The van der Waals surface area contributed by atoms with E-state index in [1.807, 2.05) is 37.4 Å². The smallest absolute Gasteiger partial charge is 0.267 e. The third-order valence-corrected chi connectivity index (χ3v) is 9.45. The highest BCUT2D eigenvalue weighted by molar-refractivity contribution is 6.00. The van der Waals surface area contributed by atoms with Gasteiger partial charge in [-0.15, -0.1) is 0 Å². The van der Waals surface area contributed by atoms with Crippen molar-refractivity contribution < 1.29 is 14.0 Å². The quantitative estimate of drug-likeness (QED) is 0.163. The highest BCUT2D eigenvalue weighted by atomic mass is 19.1. The van der Waals surface area contributed by atoms with Gasteiger partial charge >= 0.3 is 0 Å². The topological polar surface area (TPSA) is 122 Å². The number of amides is 2. The van der Waals surface area contributed by atoms with Crippen LogP contribution in [-0.2, 0) is 13.6 Å². The number of fused-ring (bicyclic) bond motifs is 2. The van der Waals surface area contributed by atoms with Crippen molar-refractivity contribution in [3.05, 3.63) is 156 Å². The minimum Gasteiger partial charge on any atom is -0.364 e. The molecule has 8 aromatic rings. The molecule has 0 bridgehead atoms. The Balaban J connectivity index is 0.000000167. The Bertz CT molecular complexity index is 2660. The van der Waals surface area contributed by atoms with Crippen LogP contribution in [0.3, 0.4) is 0 Å². The van der Waals surface area contributed by atoms with E-state index < -0.39 is 11.8 Å². The van der Waals surface area contributed by atoms with E-state index in [1.54, 1.807) is 36.4 Å². The molecule has 0 radical (unpaired) electrons. The van der Waals surface area contributed by atoms with E-state index in [9.17, 15) is 14.0 Å². The van der Waals surface area contributed by atoms with Crippen LogP contribution in [0.2, 0.25) is 0 Å². The molecule has 0 aliphatic heterocycles. The number of pyridine rings is 2. The van der Waals surface area contributed by atoms with Crippen molar-refractivity contribution in [2.45, 2.75) is 26.8 Å². The lowest BCUT2D eigenvalue weighted by molar-refractivity contribution is 0.0987. The fourth-order valence-electron chi connectivity index (χ4n) is 6.72. The Morgan fingerprint density at radius 2 is 1.17 bits per heavy atom. The summed E-state index contributed by atoms with van der Waals surface area (Å²) in [6, 6.07) is 38.0. The molecule has 8 rings (SSSR count). The molecule has 0 aliphatic carbocycles. The van der Waals surface area contributed by atoms with Crippen LogP contribution >= 0.6 is 0 Å². The van der Waals surface area contributed by atoms with Crippen LogP contribution in [0.4, 0.5) is 4.39 Å². The number of carbonyl (C=O) groups is 2. The molecule has 4 aromatic heterocycles. The Hall–Kier alpha value is -6.87. The number of nitrogens with two attached hydrogens (primary N) is 2. The number of hydrogen-bond acceptors (Lipinski definition) is 4. The van der Waals surface area contributed by atoms with E-state index in [0.717, 1.165) is 62.7 Å². The van der Waals surface area contributed by atoms with E-state index in [0.29, 0.717) is 5.69 Å². The first-order valence-electron chi connectivity index (χ1n) is 17.7. The zero-order valence-corrected chi connectivity index (χ0v) is 30.3. The molecule has 54 heavy (non-hydrogen) atoms. The second-order valence-electron chi connectivity index (χ2n) is 13.3. The standard InChI is InChI=1S/C23H20FN3O.C22H19N3O/c1-2-12-27-14-19(15-6-9-17(24)10-7-15)18-11-8-16(13-22(18)27)20-4-3-5-21(26-20)23(25)28;1-14-6-8-15(9-7-14)18-13-25(2)21-11-10-16(12-17(18)21)19-4-3-5-20(24-19)22(23)26/h3-11,13-14H,2,12H2,1H3,(H2,25,28);3-13H,1-2H3,(H2,23,26). The summed E-state index contributed by atoms with van der Waals surface area (Å²) in [4.78, 5) is 31.6. The first-order valence-corrected chi connectivity index (χ1v) is 17.7. The van der Waals surface area contributed by atoms with Crippen LogP contribution in [0.1, 0.15) is 39.9 Å². The Morgan fingerprint density at radius 1 is 0.630 bits per heavy atom. The average molecular weight is 715 g/mol. The fourth-order valence-corrected chi connectivity index (χ4v) is 6.72. The van der Waals surface area contributed by atoms with Crippen molar-refractivity contribution in [2.75, 3.05) is 0 Å². The molecule has 268 valence electrons. The molecule has 0 aliphatic rings. The van der Waals surface area contributed by atoms with Crippen LogP contribution in [0.15, 0.2) is 134 Å². The van der Waals surface area contributed by atoms with Crippen molar-refractivity contribution in [1.82, 2.24) is 19.1 Å². The number of carbonyl (C=O) groups excluding carboxylic acids is 2. The summed E-state index contributed by atoms with van der Waals surface area (Å²) in [7, 11) is 2.05. The third-order valence-electron chi connectivity index (χ3n) is 9.45. The third kappa shape index (κ3) is 7.25. The highest BCUT2D eigenvalue weighted by Gasteiger charge is 2.14. The highest BCUT2D eigenvalue weighted by Crippen LogP contribution is 2.35. The zero-order valence-electron chi connectivity index (χ0n) is 30.3. The molecule has 9 heteroatoms. The second kappa shape index (κ2) is 15.0. The molecule has 0 saturated carbocycles. The van der Waals surface area contributed by atoms with Gasteiger partial charge in [0.15, 0.2) is 0 Å². The summed E-state index contributed by atoms with van der Waals surface area (Å²) in [5.74, 6) is -1.31. The summed E-state index contributed by atoms with van der Waals surface area (Å²) in [5.41, 5.74) is 22.4. The van der Waals surface area contributed by atoms with Gasteiger partial charge in [-0.05, 0) is 79.1 Å². The molecule has 4 aromatic carbocycles. The summed E-state index contributed by atoms with van der Waals surface area (Å²) < 4.78 is 17.7. The monoisotopic (exact) mass is 714 g/mol. The number of hydrogen-bond donors (Lipinski definition) is 2. The molecule has 0 spiro atoms. The van der Waals surface area contributed by atoms with E-state index in [2.05, 4.69) is 87.8 Å². The number of aryl methyl sites for hydroxylation is 3. The van der Waals surface area contributed by atoms with Crippen LogP contribution < -0.4 is 11.5 Å². The maximum atomic E-state index is 13.3. The minimum atomic E-state index is -0.545. The lowest BCUT2D eigenvalue weighted by Crippen LogP contribution is -2.13. The number of aromatic nitrogens is 4. The minimum absolute atomic E-state index is 0.244. The second-order valence-corrected chi connectivity index (χ2v) is 13.3. The van der Waals surface area contributed by atoms with Gasteiger partial charge in [0.2, 0.25) is 0 Å². The number of nitrogens with zero attached hydrogens (tertiary/aromatic N) is 4. The van der Waals surface area contributed by atoms with Gasteiger partial charge in [0.1, 0.15) is 17.2 Å². The number of primary amides is 2. The van der Waals surface area contributed by atoms with Crippen molar-refractivity contribution >= 4 is 33.6 Å². The van der Waals surface area contributed by atoms with Crippen LogP contribution in [-0.4, -0.2) is 30.9 Å². The first-order chi connectivity index (χ1) is 26.1. The molecule has 0 atom stereocenters. The van der Waals surface area contributed by atoms with Crippen LogP contribution in [0.5, 0.6) is 0 Å². The predicted molar refractivity (Wildman–Crippen MR) is 214 cm³/mol. The number of benzene rings is 4. The molecular formula is C45H39FN6O2. The molecule has 8 nitrogen and oxygen atoms in total. The maximum absolute atomic E-state index is 13.3. The van der Waals surface area contributed by atoms with Gasteiger partial charge in [0.25, 0.3) is 11.8 Å². The van der Waals surface area contributed by atoms with Gasteiger partial charge in [-0.2, -0.15) is 0 Å². The molecule has 4 N–H and O–H groups in total. The summed E-state index contributed by atoms with van der Waals surface area (Å²) in [5, 5.41) is 2.25. The lowest BCUT2D eigenvalue weighted by atomic mass is 10.0. The van der Waals surface area contributed by atoms with Crippen molar-refractivity contribution in [3.8, 4) is 44.8 Å². The van der Waals surface area contributed by atoms with Gasteiger partial charge < -0.3 is 20.6 Å². The lowest BCUT2D eigenvalue weighted by Gasteiger charge is -2.06. The van der Waals surface area contributed by atoms with Gasteiger partial charge in [-0.3, -0.25) is 9.59 Å². The number of rotatable bonds is 8. The molecule has 4 heterocycles.